The summed E-state index contributed by atoms with van der Waals surface area (Å²) in [4.78, 5) is 4.62. The third-order valence-corrected chi connectivity index (χ3v) is 4.07. The first-order valence-corrected chi connectivity index (χ1v) is 7.39. The van der Waals surface area contributed by atoms with Crippen LogP contribution in [0.3, 0.4) is 0 Å². The van der Waals surface area contributed by atoms with E-state index in [1.165, 1.54) is 10.0 Å². The topological polar surface area (TPSA) is 21.6 Å². The fourth-order valence-corrected chi connectivity index (χ4v) is 2.53. The van der Waals surface area contributed by atoms with Crippen molar-refractivity contribution in [2.24, 2.45) is 10.9 Å². The van der Waals surface area contributed by atoms with E-state index in [9.17, 15) is 0 Å². The molecule has 0 aromatic heterocycles. The van der Waals surface area contributed by atoms with Gasteiger partial charge < -0.3 is 4.74 Å². The van der Waals surface area contributed by atoms with E-state index in [4.69, 9.17) is 4.74 Å². The number of nitrogens with zero attached hydrogens (tertiary/aromatic N) is 1. The monoisotopic (exact) mass is 309 g/mol. The Morgan fingerprint density at radius 3 is 2.78 bits per heavy atom. The van der Waals surface area contributed by atoms with Crippen LogP contribution in [0.2, 0.25) is 0 Å². The number of hydrogen-bond acceptors (Lipinski definition) is 2. The number of halogens is 1. The van der Waals surface area contributed by atoms with E-state index in [2.05, 4.69) is 53.0 Å². The highest BCUT2D eigenvalue weighted by Crippen LogP contribution is 2.20. The normalized spacial score (nSPS) is 18.9. The van der Waals surface area contributed by atoms with Crippen molar-refractivity contribution in [2.45, 2.75) is 39.2 Å². The van der Waals surface area contributed by atoms with Crippen LogP contribution in [0.4, 0.5) is 0 Å². The number of ether oxygens (including phenoxy) is 1. The lowest BCUT2D eigenvalue weighted by atomic mass is 10.1. The third kappa shape index (κ3) is 3.58. The Bertz CT molecular complexity index is 428. The maximum Gasteiger partial charge on any atom is 0.183 e. The van der Waals surface area contributed by atoms with Crippen LogP contribution in [0.15, 0.2) is 33.7 Å². The van der Waals surface area contributed by atoms with Gasteiger partial charge in [0.25, 0.3) is 0 Å². The Balaban J connectivity index is 1.80. The van der Waals surface area contributed by atoms with Crippen LogP contribution in [0.1, 0.15) is 32.3 Å². The van der Waals surface area contributed by atoms with Crippen molar-refractivity contribution >= 4 is 21.8 Å². The number of benzene rings is 1. The second kappa shape index (κ2) is 6.37. The van der Waals surface area contributed by atoms with Crippen LogP contribution in [0.5, 0.6) is 0 Å². The van der Waals surface area contributed by atoms with Crippen molar-refractivity contribution in [3.8, 4) is 0 Å². The van der Waals surface area contributed by atoms with Crippen molar-refractivity contribution in [2.75, 3.05) is 6.61 Å². The van der Waals surface area contributed by atoms with E-state index in [0.29, 0.717) is 12.0 Å². The summed E-state index contributed by atoms with van der Waals surface area (Å²) in [6.07, 6.45) is 3.10. The molecule has 2 nitrogen and oxygen atoms in total. The van der Waals surface area contributed by atoms with Gasteiger partial charge in [-0.3, -0.25) is 0 Å². The van der Waals surface area contributed by atoms with Gasteiger partial charge in [0.05, 0.1) is 6.04 Å². The third-order valence-electron chi connectivity index (χ3n) is 3.29. The molecule has 0 unspecified atom stereocenters. The van der Waals surface area contributed by atoms with Gasteiger partial charge in [0, 0.05) is 10.9 Å². The minimum atomic E-state index is 0.364. The predicted molar refractivity (Wildman–Crippen MR) is 79.1 cm³/mol. The van der Waals surface area contributed by atoms with E-state index in [-0.39, 0.29) is 0 Å². The molecule has 0 amide bonds. The quantitative estimate of drug-likeness (QED) is 0.798. The standard InChI is InChI=1S/C15H20BrNO/c1-11(2)14-10-18-15(17-14)9-5-7-12-6-3-4-8-13(12)16/h3-4,6,8,11,14H,5,7,9-10H2,1-2H3/t14-/m1/s1. The van der Waals surface area contributed by atoms with Crippen LogP contribution in [0.25, 0.3) is 0 Å². The van der Waals surface area contributed by atoms with Gasteiger partial charge in [-0.2, -0.15) is 0 Å². The van der Waals surface area contributed by atoms with Crippen LogP contribution in [0, 0.1) is 5.92 Å². The molecule has 0 fully saturated rings. The number of rotatable bonds is 5. The smallest absolute Gasteiger partial charge is 0.183 e. The first kappa shape index (κ1) is 13.6. The van der Waals surface area contributed by atoms with Gasteiger partial charge >= 0.3 is 0 Å². The molecule has 0 N–H and O–H groups in total. The van der Waals surface area contributed by atoms with Crippen LogP contribution >= 0.6 is 15.9 Å². The Hall–Kier alpha value is -0.830. The molecule has 1 atom stereocenters. The SMILES string of the molecule is CC(C)[C@H]1COC(CCCc2ccccc2Br)=N1. The fourth-order valence-electron chi connectivity index (χ4n) is 2.05. The van der Waals surface area contributed by atoms with E-state index in [1.807, 2.05) is 6.07 Å². The van der Waals surface area contributed by atoms with E-state index < -0.39 is 0 Å². The Kier molecular flexibility index (Phi) is 4.81. The minimum absolute atomic E-state index is 0.364. The molecule has 0 saturated carbocycles. The summed E-state index contributed by atoms with van der Waals surface area (Å²) >= 11 is 3.58. The first-order valence-electron chi connectivity index (χ1n) is 6.59. The van der Waals surface area contributed by atoms with Crippen molar-refractivity contribution in [1.82, 2.24) is 0 Å². The van der Waals surface area contributed by atoms with Crippen molar-refractivity contribution in [3.63, 3.8) is 0 Å². The summed E-state index contributed by atoms with van der Waals surface area (Å²) in [5.41, 5.74) is 1.36. The van der Waals surface area contributed by atoms with Crippen molar-refractivity contribution < 1.29 is 4.74 Å². The number of aliphatic imine (C=N–C) groups is 1. The number of aryl methyl sites for hydroxylation is 1. The molecular weight excluding hydrogens is 290 g/mol. The summed E-state index contributed by atoms with van der Waals surface area (Å²) in [7, 11) is 0. The molecule has 18 heavy (non-hydrogen) atoms. The van der Waals surface area contributed by atoms with Gasteiger partial charge in [-0.15, -0.1) is 0 Å². The van der Waals surface area contributed by atoms with E-state index in [1.54, 1.807) is 0 Å². The molecule has 1 aromatic carbocycles. The van der Waals surface area contributed by atoms with Crippen LogP contribution < -0.4 is 0 Å². The molecule has 0 aliphatic carbocycles. The Morgan fingerprint density at radius 1 is 1.33 bits per heavy atom. The maximum absolute atomic E-state index is 5.63. The molecule has 3 heteroatoms. The molecule has 1 aliphatic heterocycles. The lowest BCUT2D eigenvalue weighted by Crippen LogP contribution is -2.13. The van der Waals surface area contributed by atoms with Crippen LogP contribution in [-0.2, 0) is 11.2 Å². The van der Waals surface area contributed by atoms with Crippen LogP contribution in [-0.4, -0.2) is 18.5 Å². The van der Waals surface area contributed by atoms with Gasteiger partial charge in [0.15, 0.2) is 5.90 Å². The summed E-state index contributed by atoms with van der Waals surface area (Å²) < 4.78 is 6.83. The molecular formula is C15H20BrNO. The zero-order valence-corrected chi connectivity index (χ0v) is 12.6. The van der Waals surface area contributed by atoms with E-state index in [0.717, 1.165) is 31.8 Å². The molecule has 1 heterocycles. The largest absolute Gasteiger partial charge is 0.479 e. The summed E-state index contributed by atoms with van der Waals surface area (Å²) in [6, 6.07) is 8.75. The molecule has 0 radical (unpaired) electrons. The molecule has 0 bridgehead atoms. The molecule has 1 aliphatic rings. The second-order valence-electron chi connectivity index (χ2n) is 5.09. The van der Waals surface area contributed by atoms with E-state index >= 15 is 0 Å². The summed E-state index contributed by atoms with van der Waals surface area (Å²) in [5, 5.41) is 0. The van der Waals surface area contributed by atoms with Gasteiger partial charge in [0.1, 0.15) is 6.61 Å². The van der Waals surface area contributed by atoms with Gasteiger partial charge in [0.2, 0.25) is 0 Å². The minimum Gasteiger partial charge on any atom is -0.479 e. The highest BCUT2D eigenvalue weighted by molar-refractivity contribution is 9.10. The first-order chi connectivity index (χ1) is 8.66. The molecule has 2 rings (SSSR count). The zero-order valence-electron chi connectivity index (χ0n) is 11.0. The predicted octanol–water partition coefficient (Wildman–Crippen LogP) is 4.23. The highest BCUT2D eigenvalue weighted by atomic mass is 79.9. The molecule has 1 aromatic rings. The molecule has 0 saturated heterocycles. The maximum atomic E-state index is 5.63. The fraction of sp³-hybridized carbons (Fsp3) is 0.533. The lowest BCUT2D eigenvalue weighted by molar-refractivity contribution is 0.285. The van der Waals surface area contributed by atoms with Gasteiger partial charge in [-0.05, 0) is 30.4 Å². The van der Waals surface area contributed by atoms with Crippen molar-refractivity contribution in [1.29, 1.82) is 0 Å². The average molecular weight is 310 g/mol. The van der Waals surface area contributed by atoms with Gasteiger partial charge in [-0.1, -0.05) is 48.0 Å². The van der Waals surface area contributed by atoms with Gasteiger partial charge in [-0.25, -0.2) is 4.99 Å². The zero-order chi connectivity index (χ0) is 13.0. The molecule has 0 spiro atoms. The summed E-state index contributed by atoms with van der Waals surface area (Å²) in [6.45, 7) is 5.16. The summed E-state index contributed by atoms with van der Waals surface area (Å²) in [5.74, 6) is 1.52. The highest BCUT2D eigenvalue weighted by Gasteiger charge is 2.21. The number of hydrogen-bond donors (Lipinski definition) is 0. The Labute approximate surface area is 118 Å². The average Bonchev–Trinajstić information content (AvgIpc) is 2.80. The lowest BCUT2D eigenvalue weighted by Gasteiger charge is -2.06. The Morgan fingerprint density at radius 2 is 2.11 bits per heavy atom. The molecule has 98 valence electrons. The second-order valence-corrected chi connectivity index (χ2v) is 5.94. The van der Waals surface area contributed by atoms with Crippen molar-refractivity contribution in [3.05, 3.63) is 34.3 Å².